The molecule has 1 aromatic heterocycles. The van der Waals surface area contributed by atoms with Gasteiger partial charge in [0.05, 0.1) is 11.8 Å². The van der Waals surface area contributed by atoms with Gasteiger partial charge in [-0.15, -0.1) is 6.58 Å². The van der Waals surface area contributed by atoms with Gasteiger partial charge in [0.2, 0.25) is 0 Å². The number of methoxy groups -OCH3 is 1. The second kappa shape index (κ2) is 6.80. The highest BCUT2D eigenvalue weighted by atomic mass is 32.1. The normalized spacial score (nSPS) is 11.7. The van der Waals surface area contributed by atoms with Crippen LogP contribution in [0.2, 0.25) is 0 Å². The fourth-order valence-corrected chi connectivity index (χ4v) is 3.45. The van der Waals surface area contributed by atoms with E-state index in [1.54, 1.807) is 13.2 Å². The number of hydrogen-bond acceptors (Lipinski definition) is 3. The summed E-state index contributed by atoms with van der Waals surface area (Å²) in [5, 5.41) is 0. The summed E-state index contributed by atoms with van der Waals surface area (Å²) >= 11 is 1.39. The van der Waals surface area contributed by atoms with E-state index in [9.17, 15) is 9.18 Å². The number of thiazole rings is 1. The minimum Gasteiger partial charge on any atom is -0.495 e. The lowest BCUT2D eigenvalue weighted by Crippen LogP contribution is -2.16. The SMILES string of the molecule is C=CCn1c(=NC(=O)c2ccc(F)cc2)sc2cccc(OC)c21. The minimum atomic E-state index is -0.418. The average Bonchev–Trinajstić information content (AvgIpc) is 2.93. The summed E-state index contributed by atoms with van der Waals surface area (Å²) in [7, 11) is 1.60. The number of nitrogens with zero attached hydrogens (tertiary/aromatic N) is 2. The Morgan fingerprint density at radius 2 is 2.08 bits per heavy atom. The van der Waals surface area contributed by atoms with Gasteiger partial charge in [-0.25, -0.2) is 4.39 Å². The van der Waals surface area contributed by atoms with Gasteiger partial charge < -0.3 is 9.30 Å². The number of halogens is 1. The Kier molecular flexibility index (Phi) is 4.57. The van der Waals surface area contributed by atoms with Gasteiger partial charge in [-0.3, -0.25) is 4.79 Å². The van der Waals surface area contributed by atoms with Gasteiger partial charge in [-0.1, -0.05) is 23.5 Å². The van der Waals surface area contributed by atoms with Gasteiger partial charge >= 0.3 is 0 Å². The topological polar surface area (TPSA) is 43.6 Å². The summed E-state index contributed by atoms with van der Waals surface area (Å²) in [5.41, 5.74) is 1.21. The molecule has 2 aromatic carbocycles. The van der Waals surface area contributed by atoms with Gasteiger partial charge in [0.1, 0.15) is 17.1 Å². The first-order chi connectivity index (χ1) is 11.6. The largest absolute Gasteiger partial charge is 0.495 e. The van der Waals surface area contributed by atoms with Crippen molar-refractivity contribution in [2.45, 2.75) is 6.54 Å². The van der Waals surface area contributed by atoms with Crippen molar-refractivity contribution in [3.63, 3.8) is 0 Å². The van der Waals surface area contributed by atoms with E-state index in [1.807, 2.05) is 22.8 Å². The van der Waals surface area contributed by atoms with Crippen molar-refractivity contribution in [1.82, 2.24) is 4.57 Å². The molecule has 4 nitrogen and oxygen atoms in total. The highest BCUT2D eigenvalue weighted by Gasteiger charge is 2.12. The van der Waals surface area contributed by atoms with Crippen molar-refractivity contribution in [1.29, 1.82) is 0 Å². The zero-order valence-electron chi connectivity index (χ0n) is 13.0. The predicted molar refractivity (Wildman–Crippen MR) is 92.9 cm³/mol. The molecule has 0 saturated carbocycles. The summed E-state index contributed by atoms with van der Waals surface area (Å²) in [6.45, 7) is 4.26. The van der Waals surface area contributed by atoms with Crippen LogP contribution in [0.5, 0.6) is 5.75 Å². The first-order valence-electron chi connectivity index (χ1n) is 7.26. The van der Waals surface area contributed by atoms with Crippen LogP contribution < -0.4 is 9.54 Å². The Balaban J connectivity index is 2.17. The van der Waals surface area contributed by atoms with Crippen molar-refractivity contribution in [2.75, 3.05) is 7.11 Å². The maximum atomic E-state index is 13.0. The second-order valence-corrected chi connectivity index (χ2v) is 6.02. The molecule has 3 aromatic rings. The number of aromatic nitrogens is 1. The molecule has 24 heavy (non-hydrogen) atoms. The van der Waals surface area contributed by atoms with E-state index in [0.717, 1.165) is 10.2 Å². The summed E-state index contributed by atoms with van der Waals surface area (Å²) in [5.74, 6) is -0.0977. The van der Waals surface area contributed by atoms with E-state index >= 15 is 0 Å². The van der Waals surface area contributed by atoms with Crippen LogP contribution in [0.1, 0.15) is 10.4 Å². The van der Waals surface area contributed by atoms with Gasteiger partial charge in [0.25, 0.3) is 5.91 Å². The Morgan fingerprint density at radius 1 is 1.33 bits per heavy atom. The van der Waals surface area contributed by atoms with Crippen molar-refractivity contribution in [3.05, 3.63) is 71.3 Å². The van der Waals surface area contributed by atoms with Crippen LogP contribution in [0.15, 0.2) is 60.1 Å². The van der Waals surface area contributed by atoms with E-state index in [-0.39, 0.29) is 5.82 Å². The van der Waals surface area contributed by atoms with Crippen molar-refractivity contribution >= 4 is 27.5 Å². The third-order valence-corrected chi connectivity index (χ3v) is 4.53. The molecule has 6 heteroatoms. The first kappa shape index (κ1) is 16.1. The third-order valence-electron chi connectivity index (χ3n) is 3.48. The third kappa shape index (κ3) is 3.00. The Hall–Kier alpha value is -2.73. The molecule has 0 radical (unpaired) electrons. The van der Waals surface area contributed by atoms with Crippen LogP contribution in [0.3, 0.4) is 0 Å². The molecule has 0 atom stereocenters. The van der Waals surface area contributed by atoms with E-state index in [4.69, 9.17) is 4.74 Å². The van der Waals surface area contributed by atoms with Crippen LogP contribution in [-0.2, 0) is 6.54 Å². The summed E-state index contributed by atoms with van der Waals surface area (Å²) in [4.78, 5) is 17.1. The number of carbonyl (C=O) groups excluding carboxylic acids is 1. The van der Waals surface area contributed by atoms with Gasteiger partial charge in [0, 0.05) is 12.1 Å². The molecule has 1 heterocycles. The fourth-order valence-electron chi connectivity index (χ4n) is 2.39. The Morgan fingerprint density at radius 3 is 2.75 bits per heavy atom. The molecule has 0 aliphatic heterocycles. The Labute approximate surface area is 142 Å². The summed E-state index contributed by atoms with van der Waals surface area (Å²) in [6, 6.07) is 11.0. The molecule has 0 saturated heterocycles. The monoisotopic (exact) mass is 342 g/mol. The standard InChI is InChI=1S/C18H15FN2O2S/c1-3-11-21-16-14(23-2)5-4-6-15(16)24-18(21)20-17(22)12-7-9-13(19)10-8-12/h3-10H,1,11H2,2H3. The molecule has 0 aliphatic carbocycles. The summed E-state index contributed by atoms with van der Waals surface area (Å²) < 4.78 is 21.3. The smallest absolute Gasteiger partial charge is 0.279 e. The molecule has 0 spiro atoms. The maximum Gasteiger partial charge on any atom is 0.279 e. The molecular formula is C18H15FN2O2S. The maximum absolute atomic E-state index is 13.0. The molecule has 122 valence electrons. The number of amides is 1. The first-order valence-corrected chi connectivity index (χ1v) is 8.07. The molecule has 0 N–H and O–H groups in total. The quantitative estimate of drug-likeness (QED) is 0.677. The highest BCUT2D eigenvalue weighted by Crippen LogP contribution is 2.27. The van der Waals surface area contributed by atoms with E-state index in [0.29, 0.717) is 22.7 Å². The molecular weight excluding hydrogens is 327 g/mol. The van der Waals surface area contributed by atoms with Crippen molar-refractivity contribution < 1.29 is 13.9 Å². The van der Waals surface area contributed by atoms with E-state index < -0.39 is 5.91 Å². The number of benzene rings is 2. The van der Waals surface area contributed by atoms with E-state index in [2.05, 4.69) is 11.6 Å². The zero-order valence-corrected chi connectivity index (χ0v) is 13.8. The van der Waals surface area contributed by atoms with Crippen LogP contribution in [-0.4, -0.2) is 17.6 Å². The summed E-state index contributed by atoms with van der Waals surface area (Å²) in [6.07, 6.45) is 1.74. The Bertz CT molecular complexity index is 971. The van der Waals surface area contributed by atoms with Crippen LogP contribution in [0, 0.1) is 5.82 Å². The van der Waals surface area contributed by atoms with Gasteiger partial charge in [0.15, 0.2) is 4.80 Å². The lowest BCUT2D eigenvalue weighted by molar-refractivity contribution is 0.0998. The molecule has 0 unspecified atom stereocenters. The lowest BCUT2D eigenvalue weighted by Gasteiger charge is -2.06. The molecule has 3 rings (SSSR count). The zero-order chi connectivity index (χ0) is 17.1. The average molecular weight is 342 g/mol. The second-order valence-electron chi connectivity index (χ2n) is 5.01. The van der Waals surface area contributed by atoms with E-state index in [1.165, 1.54) is 35.6 Å². The number of ether oxygens (including phenoxy) is 1. The fraction of sp³-hybridized carbons (Fsp3) is 0.111. The predicted octanol–water partition coefficient (Wildman–Crippen LogP) is 3.78. The molecule has 0 fully saturated rings. The number of fused-ring (bicyclic) bond motifs is 1. The molecule has 1 amide bonds. The van der Waals surface area contributed by atoms with Crippen LogP contribution >= 0.6 is 11.3 Å². The number of rotatable bonds is 4. The highest BCUT2D eigenvalue weighted by molar-refractivity contribution is 7.16. The number of hydrogen-bond donors (Lipinski definition) is 0. The van der Waals surface area contributed by atoms with Crippen molar-refractivity contribution in [2.24, 2.45) is 4.99 Å². The molecule has 0 bridgehead atoms. The number of carbonyl (C=O) groups is 1. The lowest BCUT2D eigenvalue weighted by atomic mass is 10.2. The van der Waals surface area contributed by atoms with Crippen molar-refractivity contribution in [3.8, 4) is 5.75 Å². The number of allylic oxidation sites excluding steroid dienone is 1. The van der Waals surface area contributed by atoms with Gasteiger partial charge in [-0.05, 0) is 36.4 Å². The van der Waals surface area contributed by atoms with Crippen LogP contribution in [0.25, 0.3) is 10.2 Å². The van der Waals surface area contributed by atoms with Gasteiger partial charge in [-0.2, -0.15) is 4.99 Å². The minimum absolute atomic E-state index is 0.339. The van der Waals surface area contributed by atoms with Crippen LogP contribution in [0.4, 0.5) is 4.39 Å². The number of para-hydroxylation sites is 1. The molecule has 0 aliphatic rings.